The second-order valence-corrected chi connectivity index (χ2v) is 32.0. The molecular formula is C76H148O17P2. The number of unbranched alkanes of at least 4 members (excludes halogenated alkanes) is 38. The Hall–Kier alpha value is -1.94. The number of carbonyl (C=O) groups excluding carboxylic acids is 4. The van der Waals surface area contributed by atoms with Crippen molar-refractivity contribution < 1.29 is 80.2 Å². The van der Waals surface area contributed by atoms with E-state index in [1.807, 2.05) is 0 Å². The van der Waals surface area contributed by atoms with E-state index in [-0.39, 0.29) is 25.7 Å². The maximum Gasteiger partial charge on any atom is 0.472 e. The van der Waals surface area contributed by atoms with Crippen molar-refractivity contribution in [3.8, 4) is 0 Å². The van der Waals surface area contributed by atoms with Crippen LogP contribution in [0.15, 0.2) is 0 Å². The molecular weight excluding hydrogens is 1250 g/mol. The lowest BCUT2D eigenvalue weighted by molar-refractivity contribution is -0.161. The molecule has 0 rings (SSSR count). The molecule has 95 heavy (non-hydrogen) atoms. The zero-order chi connectivity index (χ0) is 70.3. The number of hydrogen-bond acceptors (Lipinski definition) is 15. The van der Waals surface area contributed by atoms with Crippen LogP contribution in [-0.2, 0) is 65.4 Å². The van der Waals surface area contributed by atoms with E-state index in [1.54, 1.807) is 0 Å². The van der Waals surface area contributed by atoms with Crippen LogP contribution in [0.25, 0.3) is 0 Å². The average Bonchev–Trinajstić information content (AvgIpc) is 1.42. The van der Waals surface area contributed by atoms with Crippen LogP contribution in [0.3, 0.4) is 0 Å². The Morgan fingerprint density at radius 3 is 0.747 bits per heavy atom. The van der Waals surface area contributed by atoms with Gasteiger partial charge in [0.2, 0.25) is 0 Å². The van der Waals surface area contributed by atoms with Crippen LogP contribution in [-0.4, -0.2) is 96.7 Å². The average molecular weight is 1400 g/mol. The monoisotopic (exact) mass is 1400 g/mol. The summed E-state index contributed by atoms with van der Waals surface area (Å²) in [5.74, 6) is 0.917. The van der Waals surface area contributed by atoms with Gasteiger partial charge in [-0.25, -0.2) is 9.13 Å². The van der Waals surface area contributed by atoms with E-state index in [2.05, 4.69) is 55.4 Å². The molecule has 17 nitrogen and oxygen atoms in total. The van der Waals surface area contributed by atoms with Crippen LogP contribution >= 0.6 is 15.6 Å². The van der Waals surface area contributed by atoms with Gasteiger partial charge in [-0.15, -0.1) is 0 Å². The smallest absolute Gasteiger partial charge is 0.462 e. The quantitative estimate of drug-likeness (QED) is 0.0222. The number of ether oxygens (including phenoxy) is 4. The minimum atomic E-state index is -4.96. The number of phosphoric acid groups is 2. The summed E-state index contributed by atoms with van der Waals surface area (Å²) in [6.45, 7) is 14.2. The molecule has 564 valence electrons. The highest BCUT2D eigenvalue weighted by atomic mass is 31.2. The Morgan fingerprint density at radius 2 is 0.505 bits per heavy atom. The molecule has 0 aliphatic heterocycles. The van der Waals surface area contributed by atoms with Gasteiger partial charge in [-0.2, -0.15) is 0 Å². The molecule has 3 unspecified atom stereocenters. The third-order valence-electron chi connectivity index (χ3n) is 17.9. The molecule has 0 heterocycles. The van der Waals surface area contributed by atoms with Gasteiger partial charge in [0.1, 0.15) is 19.3 Å². The molecule has 0 amide bonds. The highest BCUT2D eigenvalue weighted by Gasteiger charge is 2.30. The van der Waals surface area contributed by atoms with E-state index < -0.39 is 97.5 Å². The maximum absolute atomic E-state index is 13.1. The lowest BCUT2D eigenvalue weighted by Gasteiger charge is -2.21. The van der Waals surface area contributed by atoms with Crippen LogP contribution in [0.4, 0.5) is 0 Å². The van der Waals surface area contributed by atoms with Gasteiger partial charge in [-0.05, 0) is 49.4 Å². The summed E-state index contributed by atoms with van der Waals surface area (Å²) >= 11 is 0. The molecule has 0 aliphatic rings. The molecule has 0 radical (unpaired) electrons. The van der Waals surface area contributed by atoms with Crippen LogP contribution in [0.5, 0.6) is 0 Å². The van der Waals surface area contributed by atoms with E-state index >= 15 is 0 Å². The first-order valence-corrected chi connectivity index (χ1v) is 42.2. The van der Waals surface area contributed by atoms with Gasteiger partial charge in [0.05, 0.1) is 26.4 Å². The van der Waals surface area contributed by atoms with E-state index in [0.717, 1.165) is 120 Å². The van der Waals surface area contributed by atoms with Crippen molar-refractivity contribution in [3.05, 3.63) is 0 Å². The fourth-order valence-corrected chi connectivity index (χ4v) is 13.1. The second-order valence-electron chi connectivity index (χ2n) is 29.1. The van der Waals surface area contributed by atoms with E-state index in [0.29, 0.717) is 25.7 Å². The number of rotatable bonds is 73. The number of carbonyl (C=O) groups is 4. The molecule has 0 aliphatic carbocycles. The zero-order valence-electron chi connectivity index (χ0n) is 62.3. The van der Waals surface area contributed by atoms with Crippen LogP contribution in [0.1, 0.15) is 383 Å². The largest absolute Gasteiger partial charge is 0.472 e. The van der Waals surface area contributed by atoms with Crippen molar-refractivity contribution in [2.24, 2.45) is 23.7 Å². The molecule has 19 heteroatoms. The molecule has 0 saturated heterocycles. The normalized spacial score (nSPS) is 14.4. The Balaban J connectivity index is 5.21. The topological polar surface area (TPSA) is 237 Å². The molecule has 0 spiro atoms. The highest BCUT2D eigenvalue weighted by molar-refractivity contribution is 7.47. The van der Waals surface area contributed by atoms with Crippen molar-refractivity contribution >= 4 is 39.5 Å². The van der Waals surface area contributed by atoms with Gasteiger partial charge < -0.3 is 33.8 Å². The van der Waals surface area contributed by atoms with Crippen molar-refractivity contribution in [1.29, 1.82) is 0 Å². The lowest BCUT2D eigenvalue weighted by Crippen LogP contribution is -2.30. The molecule has 0 aromatic carbocycles. The Labute approximate surface area is 581 Å². The first kappa shape index (κ1) is 93.1. The number of phosphoric ester groups is 2. The Bertz CT molecular complexity index is 1870. The summed E-state index contributed by atoms with van der Waals surface area (Å²) in [6.07, 6.45) is 50.1. The fourth-order valence-electron chi connectivity index (χ4n) is 11.5. The number of esters is 4. The standard InChI is InChI=1S/C76H148O17P2/c1-9-69(8)55-47-39-34-35-41-49-57-74(79)87-63-72(92-75(80)58-50-42-32-25-21-15-13-11-10-12-14-18-22-28-36-44-52-66(2)3)65-91-95(84,85)89-61-70(77)60-88-94(82,83)90-64-71(93-76(81)59-51-43-33-27-26-30-38-46-54-68(6)7)62-86-73(78)56-48-40-31-24-20-17-16-19-23-29-37-45-53-67(4)5/h66-72,77H,9-65H2,1-8H3,(H,82,83)(H,84,85)/t69?,70-,71-,72-/m1/s1. The second kappa shape index (κ2) is 65.4. The van der Waals surface area contributed by atoms with Gasteiger partial charge in [-0.3, -0.25) is 37.3 Å². The van der Waals surface area contributed by atoms with Crippen LogP contribution < -0.4 is 0 Å². The van der Waals surface area contributed by atoms with Crippen LogP contribution in [0, 0.1) is 23.7 Å². The molecule has 0 bridgehead atoms. The van der Waals surface area contributed by atoms with Gasteiger partial charge in [0.25, 0.3) is 0 Å². The predicted octanol–water partition coefficient (Wildman–Crippen LogP) is 22.0. The minimum absolute atomic E-state index is 0.104. The lowest BCUT2D eigenvalue weighted by atomic mass is 10.00. The van der Waals surface area contributed by atoms with Gasteiger partial charge in [0, 0.05) is 25.7 Å². The van der Waals surface area contributed by atoms with E-state index in [9.17, 15) is 43.2 Å². The maximum atomic E-state index is 13.1. The molecule has 3 N–H and O–H groups in total. The van der Waals surface area contributed by atoms with Crippen molar-refractivity contribution in [3.63, 3.8) is 0 Å². The van der Waals surface area contributed by atoms with Crippen LogP contribution in [0.2, 0.25) is 0 Å². The van der Waals surface area contributed by atoms with Gasteiger partial charge in [0.15, 0.2) is 12.2 Å². The molecule has 0 fully saturated rings. The highest BCUT2D eigenvalue weighted by Crippen LogP contribution is 2.45. The summed E-state index contributed by atoms with van der Waals surface area (Å²) in [7, 11) is -9.91. The number of hydrogen-bond donors (Lipinski definition) is 3. The molecule has 0 aromatic heterocycles. The first-order chi connectivity index (χ1) is 45.6. The third kappa shape index (κ3) is 69.0. The zero-order valence-corrected chi connectivity index (χ0v) is 64.1. The summed E-state index contributed by atoms with van der Waals surface area (Å²) in [5.41, 5.74) is 0. The third-order valence-corrected chi connectivity index (χ3v) is 19.8. The molecule has 0 saturated carbocycles. The SMILES string of the molecule is CCC(C)CCCCCCCCC(=O)OC[C@H](COP(=O)(O)OC[C@H](O)COP(=O)(O)OC[C@@H](COC(=O)CCCCCCCCCCCCCCC(C)C)OC(=O)CCCCCCCCCCC(C)C)OC(=O)CCCCCCCCCCCCCCCCCCC(C)C. The first-order valence-electron chi connectivity index (χ1n) is 39.2. The van der Waals surface area contributed by atoms with Crippen molar-refractivity contribution in [2.75, 3.05) is 39.6 Å². The minimum Gasteiger partial charge on any atom is -0.462 e. The Kier molecular flexibility index (Phi) is 64.0. The van der Waals surface area contributed by atoms with E-state index in [4.69, 9.17) is 37.0 Å². The van der Waals surface area contributed by atoms with Gasteiger partial charge >= 0.3 is 39.5 Å². The Morgan fingerprint density at radius 1 is 0.295 bits per heavy atom. The summed E-state index contributed by atoms with van der Waals surface area (Å²) < 4.78 is 68.5. The molecule has 6 atom stereocenters. The van der Waals surface area contributed by atoms with Gasteiger partial charge in [-0.1, -0.05) is 331 Å². The number of aliphatic hydroxyl groups is 1. The summed E-state index contributed by atoms with van der Waals surface area (Å²) in [6, 6.07) is 0. The summed E-state index contributed by atoms with van der Waals surface area (Å²) in [4.78, 5) is 72.8. The van der Waals surface area contributed by atoms with E-state index in [1.165, 1.54) is 180 Å². The van der Waals surface area contributed by atoms with Crippen molar-refractivity contribution in [2.45, 2.75) is 401 Å². The summed E-state index contributed by atoms with van der Waals surface area (Å²) in [5, 5.41) is 10.6. The van der Waals surface area contributed by atoms with Crippen molar-refractivity contribution in [1.82, 2.24) is 0 Å². The molecule has 0 aromatic rings. The number of aliphatic hydroxyl groups excluding tert-OH is 1. The predicted molar refractivity (Wildman–Crippen MR) is 386 cm³/mol. The fraction of sp³-hybridized carbons (Fsp3) is 0.947.